The van der Waals surface area contributed by atoms with Crippen LogP contribution in [0.3, 0.4) is 0 Å². The van der Waals surface area contributed by atoms with Gasteiger partial charge in [0.2, 0.25) is 0 Å². The second-order valence-corrected chi connectivity index (χ2v) is 5.05. The number of benzene rings is 2. The van der Waals surface area contributed by atoms with Gasteiger partial charge in [0.1, 0.15) is 0 Å². The number of nitro benzene ring substituents is 1. The fourth-order valence-corrected chi connectivity index (χ4v) is 2.48. The van der Waals surface area contributed by atoms with Crippen molar-refractivity contribution in [1.29, 1.82) is 0 Å². The predicted molar refractivity (Wildman–Crippen MR) is 86.5 cm³/mol. The predicted octanol–water partition coefficient (Wildman–Crippen LogP) is 4.80. The third-order valence-corrected chi connectivity index (χ3v) is 3.67. The van der Waals surface area contributed by atoms with Crippen molar-refractivity contribution in [2.75, 3.05) is 11.4 Å². The Morgan fingerprint density at radius 3 is 2.29 bits per heavy atom. The maximum absolute atomic E-state index is 11.0. The van der Waals surface area contributed by atoms with E-state index in [9.17, 15) is 10.1 Å². The van der Waals surface area contributed by atoms with Crippen molar-refractivity contribution < 1.29 is 4.92 Å². The van der Waals surface area contributed by atoms with Crippen LogP contribution < -0.4 is 4.90 Å². The van der Waals surface area contributed by atoms with Gasteiger partial charge in [-0.15, -0.1) is 11.6 Å². The summed E-state index contributed by atoms with van der Waals surface area (Å²) in [5.41, 5.74) is 3.75. The molecule has 0 aromatic heterocycles. The van der Waals surface area contributed by atoms with E-state index < -0.39 is 4.92 Å². The summed E-state index contributed by atoms with van der Waals surface area (Å²) in [6, 6.07) is 13.2. The Labute approximate surface area is 129 Å². The minimum Gasteiger partial charge on any atom is -0.342 e. The first-order chi connectivity index (χ1) is 10.1. The van der Waals surface area contributed by atoms with Crippen molar-refractivity contribution in [3.63, 3.8) is 0 Å². The van der Waals surface area contributed by atoms with E-state index in [1.807, 2.05) is 38.1 Å². The Morgan fingerprint density at radius 1 is 1.14 bits per heavy atom. The monoisotopic (exact) mass is 304 g/mol. The number of aryl methyl sites for hydroxylation is 1. The van der Waals surface area contributed by atoms with Gasteiger partial charge in [-0.2, -0.15) is 0 Å². The van der Waals surface area contributed by atoms with E-state index in [-0.39, 0.29) is 11.6 Å². The van der Waals surface area contributed by atoms with Crippen LogP contribution in [-0.2, 0) is 5.88 Å². The fourth-order valence-electron chi connectivity index (χ4n) is 2.26. The minimum atomic E-state index is -0.399. The van der Waals surface area contributed by atoms with Crippen molar-refractivity contribution in [2.45, 2.75) is 19.7 Å². The highest BCUT2D eigenvalue weighted by Crippen LogP contribution is 2.30. The zero-order chi connectivity index (χ0) is 15.4. The molecule has 0 aliphatic heterocycles. The summed E-state index contributed by atoms with van der Waals surface area (Å²) in [7, 11) is 0. The summed E-state index contributed by atoms with van der Waals surface area (Å²) in [6.07, 6.45) is 0. The molecule has 2 rings (SSSR count). The Kier molecular flexibility index (Phi) is 4.81. The summed E-state index contributed by atoms with van der Waals surface area (Å²) in [4.78, 5) is 12.7. The highest BCUT2D eigenvalue weighted by atomic mass is 35.5. The molecule has 110 valence electrons. The van der Waals surface area contributed by atoms with Gasteiger partial charge in [0, 0.05) is 29.5 Å². The average molecular weight is 305 g/mol. The summed E-state index contributed by atoms with van der Waals surface area (Å²) in [5, 5.41) is 11.0. The van der Waals surface area contributed by atoms with Gasteiger partial charge < -0.3 is 4.90 Å². The number of hydrogen-bond donors (Lipinski definition) is 0. The molecule has 21 heavy (non-hydrogen) atoms. The van der Waals surface area contributed by atoms with Crippen molar-refractivity contribution in [3.05, 3.63) is 63.7 Å². The molecule has 0 radical (unpaired) electrons. The van der Waals surface area contributed by atoms with Gasteiger partial charge in [-0.1, -0.05) is 17.7 Å². The number of alkyl halides is 1. The molecule has 0 aliphatic carbocycles. The molecule has 0 aliphatic rings. The lowest BCUT2D eigenvalue weighted by atomic mass is 10.1. The Balaban J connectivity index is 2.43. The molecule has 0 unspecified atom stereocenters. The fraction of sp³-hybridized carbons (Fsp3) is 0.250. The molecule has 4 nitrogen and oxygen atoms in total. The summed E-state index contributed by atoms with van der Waals surface area (Å²) in [5.74, 6) is 0.121. The Hall–Kier alpha value is -2.07. The molecular weight excluding hydrogens is 288 g/mol. The lowest BCUT2D eigenvalue weighted by Crippen LogP contribution is -2.16. The van der Waals surface area contributed by atoms with E-state index in [0.29, 0.717) is 5.56 Å². The molecule has 0 saturated carbocycles. The highest BCUT2D eigenvalue weighted by molar-refractivity contribution is 6.17. The molecule has 0 heterocycles. The van der Waals surface area contributed by atoms with E-state index in [2.05, 4.69) is 4.90 Å². The van der Waals surface area contributed by atoms with Crippen LogP contribution in [0.4, 0.5) is 17.1 Å². The van der Waals surface area contributed by atoms with Gasteiger partial charge in [0.05, 0.1) is 10.8 Å². The summed E-state index contributed by atoms with van der Waals surface area (Å²) < 4.78 is 0. The smallest absolute Gasteiger partial charge is 0.273 e. The molecule has 0 fully saturated rings. The largest absolute Gasteiger partial charge is 0.342 e. The molecule has 2 aromatic carbocycles. The van der Waals surface area contributed by atoms with Crippen LogP contribution in [-0.4, -0.2) is 11.5 Å². The first-order valence-electron chi connectivity index (χ1n) is 6.74. The molecule has 0 spiro atoms. The molecule has 0 saturated heterocycles. The van der Waals surface area contributed by atoms with Crippen LogP contribution in [0.5, 0.6) is 0 Å². The number of rotatable bonds is 5. The lowest BCUT2D eigenvalue weighted by molar-refractivity contribution is -0.385. The van der Waals surface area contributed by atoms with E-state index in [0.717, 1.165) is 17.9 Å². The maximum Gasteiger partial charge on any atom is 0.273 e. The molecule has 2 aromatic rings. The first-order valence-corrected chi connectivity index (χ1v) is 7.27. The van der Waals surface area contributed by atoms with Gasteiger partial charge in [-0.3, -0.25) is 10.1 Å². The van der Waals surface area contributed by atoms with E-state index in [4.69, 9.17) is 11.6 Å². The van der Waals surface area contributed by atoms with Crippen LogP contribution in [0.25, 0.3) is 0 Å². The second-order valence-electron chi connectivity index (χ2n) is 4.78. The normalized spacial score (nSPS) is 10.4. The van der Waals surface area contributed by atoms with E-state index in [1.165, 1.54) is 11.6 Å². The van der Waals surface area contributed by atoms with Crippen LogP contribution in [0.1, 0.15) is 18.1 Å². The molecule has 0 atom stereocenters. The SMILES string of the molecule is CCN(c1ccc(C)cc1)c1ccc([N+](=O)[O-])c(CCl)c1. The van der Waals surface area contributed by atoms with Crippen LogP contribution in [0.2, 0.25) is 0 Å². The summed E-state index contributed by atoms with van der Waals surface area (Å²) in [6.45, 7) is 4.85. The molecule has 0 N–H and O–H groups in total. The van der Waals surface area contributed by atoms with Gasteiger partial charge >= 0.3 is 0 Å². The van der Waals surface area contributed by atoms with Crippen LogP contribution in [0.15, 0.2) is 42.5 Å². The number of nitrogens with zero attached hydrogens (tertiary/aromatic N) is 2. The lowest BCUT2D eigenvalue weighted by Gasteiger charge is -2.24. The summed E-state index contributed by atoms with van der Waals surface area (Å²) >= 11 is 5.84. The van der Waals surface area contributed by atoms with Gasteiger partial charge in [0.15, 0.2) is 0 Å². The zero-order valence-corrected chi connectivity index (χ0v) is 12.8. The maximum atomic E-state index is 11.0. The molecule has 5 heteroatoms. The minimum absolute atomic E-state index is 0.0636. The Bertz CT molecular complexity index is 641. The van der Waals surface area contributed by atoms with Gasteiger partial charge in [0.25, 0.3) is 5.69 Å². The zero-order valence-electron chi connectivity index (χ0n) is 12.0. The first kappa shape index (κ1) is 15.3. The molecular formula is C16H17ClN2O2. The van der Waals surface area contributed by atoms with Gasteiger partial charge in [-0.05, 0) is 38.1 Å². The third-order valence-electron chi connectivity index (χ3n) is 3.38. The molecule has 0 amide bonds. The topological polar surface area (TPSA) is 46.4 Å². The third kappa shape index (κ3) is 3.34. The molecule has 0 bridgehead atoms. The van der Waals surface area contributed by atoms with E-state index >= 15 is 0 Å². The average Bonchev–Trinajstić information content (AvgIpc) is 2.49. The highest BCUT2D eigenvalue weighted by Gasteiger charge is 2.16. The quantitative estimate of drug-likeness (QED) is 0.453. The van der Waals surface area contributed by atoms with Crippen molar-refractivity contribution >= 4 is 28.7 Å². The van der Waals surface area contributed by atoms with Crippen LogP contribution in [0, 0.1) is 17.0 Å². The number of halogens is 1. The van der Waals surface area contributed by atoms with Crippen LogP contribution >= 0.6 is 11.6 Å². The van der Waals surface area contributed by atoms with Gasteiger partial charge in [-0.25, -0.2) is 0 Å². The standard InChI is InChI=1S/C16H17ClN2O2/c1-3-18(14-6-4-12(2)5-7-14)15-8-9-16(19(20)21)13(10-15)11-17/h4-10H,3,11H2,1-2H3. The van der Waals surface area contributed by atoms with Crippen molar-refractivity contribution in [3.8, 4) is 0 Å². The second kappa shape index (κ2) is 6.59. The van der Waals surface area contributed by atoms with E-state index in [1.54, 1.807) is 12.1 Å². The number of hydrogen-bond acceptors (Lipinski definition) is 3. The number of nitro groups is 1. The van der Waals surface area contributed by atoms with Crippen molar-refractivity contribution in [1.82, 2.24) is 0 Å². The Morgan fingerprint density at radius 2 is 1.76 bits per heavy atom. The number of anilines is 2. The van der Waals surface area contributed by atoms with Crippen molar-refractivity contribution in [2.24, 2.45) is 0 Å².